The average Bonchev–Trinajstić information content (AvgIpc) is 2.18. The second kappa shape index (κ2) is 5.98. The van der Waals surface area contributed by atoms with Crippen LogP contribution in [0.15, 0.2) is 0 Å². The van der Waals surface area contributed by atoms with Crippen LogP contribution in [0.5, 0.6) is 0 Å². The molecule has 1 unspecified atom stereocenters. The van der Waals surface area contributed by atoms with E-state index in [1.54, 1.807) is 7.11 Å². The first-order chi connectivity index (χ1) is 6.79. The lowest BCUT2D eigenvalue weighted by Crippen LogP contribution is -2.45. The van der Waals surface area contributed by atoms with Gasteiger partial charge in [0, 0.05) is 26.7 Å². The lowest BCUT2D eigenvalue weighted by molar-refractivity contribution is -0.137. The Bertz CT molecular complexity index is 178. The molecule has 0 aliphatic carbocycles. The predicted octanol–water partition coefficient (Wildman–Crippen LogP) is 0.396. The van der Waals surface area contributed by atoms with Gasteiger partial charge >= 0.3 is 0 Å². The molecule has 0 bridgehead atoms. The van der Waals surface area contributed by atoms with Crippen LogP contribution < -0.4 is 0 Å². The second-order valence-corrected chi connectivity index (χ2v) is 3.67. The molecule has 0 saturated carbocycles. The van der Waals surface area contributed by atoms with Gasteiger partial charge in [-0.25, -0.2) is 0 Å². The number of aliphatic hydroxyl groups is 1. The van der Waals surface area contributed by atoms with Crippen molar-refractivity contribution in [2.75, 3.05) is 26.9 Å². The molecule has 0 spiro atoms. The minimum absolute atomic E-state index is 0.0535. The molecule has 1 fully saturated rings. The molecule has 4 nitrogen and oxygen atoms in total. The Hall–Kier alpha value is -0.610. The van der Waals surface area contributed by atoms with Crippen LogP contribution in [0.2, 0.25) is 0 Å². The molecule has 1 saturated heterocycles. The van der Waals surface area contributed by atoms with Crippen LogP contribution in [-0.2, 0) is 9.53 Å². The van der Waals surface area contributed by atoms with Crippen molar-refractivity contribution in [3.8, 4) is 0 Å². The summed E-state index contributed by atoms with van der Waals surface area (Å²) in [7, 11) is 1.62. The van der Waals surface area contributed by atoms with Gasteiger partial charge in [0.2, 0.25) is 5.91 Å². The van der Waals surface area contributed by atoms with Crippen molar-refractivity contribution >= 4 is 5.91 Å². The van der Waals surface area contributed by atoms with Crippen molar-refractivity contribution in [1.29, 1.82) is 0 Å². The highest BCUT2D eigenvalue weighted by atomic mass is 16.5. The molecular formula is C10H19NO3. The monoisotopic (exact) mass is 201 g/mol. The SMILES string of the molecule is COCC(CCO)N1CCCCC1=O. The average molecular weight is 201 g/mol. The van der Waals surface area contributed by atoms with E-state index >= 15 is 0 Å². The number of hydrogen-bond acceptors (Lipinski definition) is 3. The number of rotatable bonds is 5. The Kier molecular flexibility index (Phi) is 4.90. The lowest BCUT2D eigenvalue weighted by atomic mass is 10.1. The van der Waals surface area contributed by atoms with Crippen LogP contribution in [0.1, 0.15) is 25.7 Å². The topological polar surface area (TPSA) is 49.8 Å². The number of carbonyl (C=O) groups excluding carboxylic acids is 1. The van der Waals surface area contributed by atoms with Gasteiger partial charge in [-0.3, -0.25) is 4.79 Å². The van der Waals surface area contributed by atoms with Gasteiger partial charge in [0.05, 0.1) is 12.6 Å². The summed E-state index contributed by atoms with van der Waals surface area (Å²) in [5.41, 5.74) is 0. The minimum Gasteiger partial charge on any atom is -0.396 e. The number of ether oxygens (including phenoxy) is 1. The summed E-state index contributed by atoms with van der Waals surface area (Å²) in [6, 6.07) is 0.0535. The van der Waals surface area contributed by atoms with Gasteiger partial charge in [0.25, 0.3) is 0 Å². The molecule has 4 heteroatoms. The van der Waals surface area contributed by atoms with E-state index in [1.807, 2.05) is 4.90 Å². The number of likely N-dealkylation sites (tertiary alicyclic amines) is 1. The molecule has 1 aliphatic rings. The normalized spacial score (nSPS) is 19.9. The third-order valence-electron chi connectivity index (χ3n) is 2.62. The molecule has 0 aromatic rings. The molecule has 0 aromatic carbocycles. The number of aliphatic hydroxyl groups excluding tert-OH is 1. The van der Waals surface area contributed by atoms with E-state index in [0.29, 0.717) is 19.4 Å². The fraction of sp³-hybridized carbons (Fsp3) is 0.900. The minimum atomic E-state index is 0.0535. The highest BCUT2D eigenvalue weighted by Crippen LogP contribution is 2.15. The van der Waals surface area contributed by atoms with Gasteiger partial charge in [0.15, 0.2) is 0 Å². The highest BCUT2D eigenvalue weighted by Gasteiger charge is 2.25. The largest absolute Gasteiger partial charge is 0.396 e. The summed E-state index contributed by atoms with van der Waals surface area (Å²) in [4.78, 5) is 13.4. The summed E-state index contributed by atoms with van der Waals surface area (Å²) < 4.78 is 5.05. The first kappa shape index (κ1) is 11.5. The summed E-state index contributed by atoms with van der Waals surface area (Å²) >= 11 is 0. The van der Waals surface area contributed by atoms with E-state index in [2.05, 4.69) is 0 Å². The third kappa shape index (κ3) is 2.96. The third-order valence-corrected chi connectivity index (χ3v) is 2.62. The molecule has 82 valence electrons. The summed E-state index contributed by atoms with van der Waals surface area (Å²) in [5, 5.41) is 8.89. The lowest BCUT2D eigenvalue weighted by Gasteiger charge is -2.34. The summed E-state index contributed by atoms with van der Waals surface area (Å²) in [6.45, 7) is 1.44. The summed E-state index contributed by atoms with van der Waals surface area (Å²) in [6.07, 6.45) is 3.32. The fourth-order valence-electron chi connectivity index (χ4n) is 1.88. The molecule has 1 aliphatic heterocycles. The molecule has 1 atom stereocenters. The van der Waals surface area contributed by atoms with Crippen molar-refractivity contribution < 1.29 is 14.6 Å². The number of methoxy groups -OCH3 is 1. The molecule has 0 radical (unpaired) electrons. The van der Waals surface area contributed by atoms with Crippen LogP contribution in [0, 0.1) is 0 Å². The molecule has 0 aromatic heterocycles. The van der Waals surface area contributed by atoms with Crippen molar-refractivity contribution in [2.45, 2.75) is 31.7 Å². The number of carbonyl (C=O) groups is 1. The van der Waals surface area contributed by atoms with Crippen LogP contribution in [-0.4, -0.2) is 48.8 Å². The van der Waals surface area contributed by atoms with Crippen LogP contribution >= 0.6 is 0 Å². The molecule has 1 amide bonds. The molecule has 1 rings (SSSR count). The van der Waals surface area contributed by atoms with E-state index in [4.69, 9.17) is 9.84 Å². The van der Waals surface area contributed by atoms with E-state index < -0.39 is 0 Å². The Labute approximate surface area is 84.8 Å². The van der Waals surface area contributed by atoms with Gasteiger partial charge in [0.1, 0.15) is 0 Å². The number of nitrogens with zero attached hydrogens (tertiary/aromatic N) is 1. The van der Waals surface area contributed by atoms with Crippen LogP contribution in [0.3, 0.4) is 0 Å². The maximum absolute atomic E-state index is 11.6. The molecule has 14 heavy (non-hydrogen) atoms. The van der Waals surface area contributed by atoms with Gasteiger partial charge in [-0.1, -0.05) is 0 Å². The zero-order valence-corrected chi connectivity index (χ0v) is 8.74. The van der Waals surface area contributed by atoms with Gasteiger partial charge in [-0.2, -0.15) is 0 Å². The van der Waals surface area contributed by atoms with Crippen LogP contribution in [0.4, 0.5) is 0 Å². The number of piperidine rings is 1. The van der Waals surface area contributed by atoms with Crippen LogP contribution in [0.25, 0.3) is 0 Å². The number of hydrogen-bond donors (Lipinski definition) is 1. The van der Waals surface area contributed by atoms with E-state index in [1.165, 1.54) is 0 Å². The zero-order valence-electron chi connectivity index (χ0n) is 8.74. The maximum Gasteiger partial charge on any atom is 0.222 e. The molecule has 1 N–H and O–H groups in total. The molecule has 1 heterocycles. The maximum atomic E-state index is 11.6. The first-order valence-electron chi connectivity index (χ1n) is 5.19. The second-order valence-electron chi connectivity index (χ2n) is 3.67. The van der Waals surface area contributed by atoms with Crippen molar-refractivity contribution in [3.05, 3.63) is 0 Å². The van der Waals surface area contributed by atoms with Crippen molar-refractivity contribution in [3.63, 3.8) is 0 Å². The highest BCUT2D eigenvalue weighted by molar-refractivity contribution is 5.77. The smallest absolute Gasteiger partial charge is 0.222 e. The fourth-order valence-corrected chi connectivity index (χ4v) is 1.88. The Morgan fingerprint density at radius 1 is 1.57 bits per heavy atom. The quantitative estimate of drug-likeness (QED) is 0.700. The molecular weight excluding hydrogens is 182 g/mol. The summed E-state index contributed by atoms with van der Waals surface area (Å²) in [5.74, 6) is 0.201. The zero-order chi connectivity index (χ0) is 10.4. The first-order valence-corrected chi connectivity index (χ1v) is 5.19. The van der Waals surface area contributed by atoms with Crippen molar-refractivity contribution in [1.82, 2.24) is 4.90 Å². The Morgan fingerprint density at radius 3 is 2.93 bits per heavy atom. The van der Waals surface area contributed by atoms with E-state index in [9.17, 15) is 4.79 Å². The van der Waals surface area contributed by atoms with E-state index in [-0.39, 0.29) is 18.6 Å². The van der Waals surface area contributed by atoms with Gasteiger partial charge in [-0.05, 0) is 19.3 Å². The standard InChI is InChI=1S/C10H19NO3/c1-14-8-9(5-7-12)11-6-3-2-4-10(11)13/h9,12H,2-8H2,1H3. The predicted molar refractivity (Wildman–Crippen MR) is 52.9 cm³/mol. The van der Waals surface area contributed by atoms with E-state index in [0.717, 1.165) is 19.4 Å². The Morgan fingerprint density at radius 2 is 2.36 bits per heavy atom. The van der Waals surface area contributed by atoms with Gasteiger partial charge < -0.3 is 14.7 Å². The van der Waals surface area contributed by atoms with Gasteiger partial charge in [-0.15, -0.1) is 0 Å². The number of amides is 1. The van der Waals surface area contributed by atoms with Crippen molar-refractivity contribution in [2.24, 2.45) is 0 Å². The Balaban J connectivity index is 2.50.